The molecule has 152 valence electrons. The monoisotopic (exact) mass is 390 g/mol. The second-order valence-electron chi connectivity index (χ2n) is 9.11. The molecular weight excluding hydrogens is 360 g/mol. The van der Waals surface area contributed by atoms with Crippen molar-refractivity contribution in [1.82, 2.24) is 9.80 Å². The molecule has 2 spiro atoms. The fraction of sp³-hybridized carbons (Fsp3) is 0.480. The highest BCUT2D eigenvalue weighted by Gasteiger charge is 2.56. The van der Waals surface area contributed by atoms with E-state index in [0.717, 1.165) is 70.4 Å². The molecule has 2 saturated heterocycles. The summed E-state index contributed by atoms with van der Waals surface area (Å²) in [5.41, 5.74) is 1.88. The molecule has 2 aliphatic heterocycles. The van der Waals surface area contributed by atoms with Gasteiger partial charge < -0.3 is 9.64 Å². The number of likely N-dealkylation sites (tertiary alicyclic amines) is 1. The van der Waals surface area contributed by atoms with Crippen LogP contribution in [0.4, 0.5) is 0 Å². The molecule has 4 heteroatoms. The van der Waals surface area contributed by atoms with Gasteiger partial charge in [-0.05, 0) is 56.3 Å². The van der Waals surface area contributed by atoms with E-state index in [1.807, 2.05) is 30.3 Å². The second-order valence-corrected chi connectivity index (χ2v) is 9.11. The zero-order valence-electron chi connectivity index (χ0n) is 17.1. The molecule has 1 saturated carbocycles. The Labute approximate surface area is 173 Å². The van der Waals surface area contributed by atoms with Gasteiger partial charge in [0.1, 0.15) is 0 Å². The molecule has 0 N–H and O–H groups in total. The highest BCUT2D eigenvalue weighted by atomic mass is 16.5. The second kappa shape index (κ2) is 7.58. The normalized spacial score (nSPS) is 26.4. The van der Waals surface area contributed by atoms with E-state index < -0.39 is 0 Å². The van der Waals surface area contributed by atoms with Crippen molar-refractivity contribution in [2.24, 2.45) is 0 Å². The van der Waals surface area contributed by atoms with Crippen LogP contribution >= 0.6 is 0 Å². The first kappa shape index (κ1) is 18.8. The van der Waals surface area contributed by atoms with Crippen LogP contribution in [0, 0.1) is 0 Å². The zero-order chi connectivity index (χ0) is 19.7. The maximum absolute atomic E-state index is 13.2. The quantitative estimate of drug-likeness (QED) is 0.790. The van der Waals surface area contributed by atoms with Crippen LogP contribution in [-0.2, 0) is 11.3 Å². The average molecular weight is 391 g/mol. The maximum atomic E-state index is 13.2. The van der Waals surface area contributed by atoms with E-state index in [-0.39, 0.29) is 17.1 Å². The molecule has 1 aliphatic carbocycles. The van der Waals surface area contributed by atoms with Crippen LogP contribution < -0.4 is 0 Å². The van der Waals surface area contributed by atoms with E-state index in [9.17, 15) is 4.79 Å². The minimum absolute atomic E-state index is 0.0860. The van der Waals surface area contributed by atoms with E-state index >= 15 is 0 Å². The van der Waals surface area contributed by atoms with Crippen LogP contribution in [-0.4, -0.2) is 53.1 Å². The van der Waals surface area contributed by atoms with Gasteiger partial charge in [0.25, 0.3) is 5.91 Å². The summed E-state index contributed by atoms with van der Waals surface area (Å²) < 4.78 is 6.79. The van der Waals surface area contributed by atoms with Crippen molar-refractivity contribution in [3.05, 3.63) is 71.8 Å². The largest absolute Gasteiger partial charge is 0.365 e. The lowest BCUT2D eigenvalue weighted by atomic mass is 9.90. The summed E-state index contributed by atoms with van der Waals surface area (Å²) >= 11 is 0. The third kappa shape index (κ3) is 4.10. The summed E-state index contributed by atoms with van der Waals surface area (Å²) in [7, 11) is 0. The molecule has 4 nitrogen and oxygen atoms in total. The summed E-state index contributed by atoms with van der Waals surface area (Å²) in [5.74, 6) is 0.157. The van der Waals surface area contributed by atoms with E-state index in [1.165, 1.54) is 5.56 Å². The molecule has 0 aromatic heterocycles. The Balaban J connectivity index is 1.31. The summed E-state index contributed by atoms with van der Waals surface area (Å²) in [4.78, 5) is 17.8. The van der Waals surface area contributed by atoms with Crippen LogP contribution in [0.1, 0.15) is 48.0 Å². The Morgan fingerprint density at radius 1 is 0.828 bits per heavy atom. The van der Waals surface area contributed by atoms with Gasteiger partial charge in [0.05, 0.1) is 24.3 Å². The van der Waals surface area contributed by atoms with Gasteiger partial charge in [-0.15, -0.1) is 0 Å². The predicted octanol–water partition coefficient (Wildman–Crippen LogP) is 4.12. The molecular formula is C25H30N2O2. The Bertz CT molecular complexity index is 850. The minimum Gasteiger partial charge on any atom is -0.365 e. The number of benzene rings is 2. The number of morpholine rings is 1. The van der Waals surface area contributed by atoms with Crippen molar-refractivity contribution in [2.75, 3.05) is 26.2 Å². The Morgan fingerprint density at radius 2 is 1.48 bits per heavy atom. The lowest BCUT2D eigenvalue weighted by molar-refractivity contribution is -0.165. The summed E-state index contributed by atoms with van der Waals surface area (Å²) in [6.07, 6.45) is 5.33. The standard InChI is InChI=1S/C25H30N2O2/c28-23(22-10-5-2-6-11-22)27-19-24(29-25(20-27)13-14-25)12-7-16-26(17-15-24)18-21-8-3-1-4-9-21/h1-6,8-11H,7,12-20H2. The molecule has 0 bridgehead atoms. The number of rotatable bonds is 3. The molecule has 1 unspecified atom stereocenters. The van der Waals surface area contributed by atoms with Crippen molar-refractivity contribution in [1.29, 1.82) is 0 Å². The lowest BCUT2D eigenvalue weighted by Crippen LogP contribution is -2.58. The van der Waals surface area contributed by atoms with Crippen molar-refractivity contribution in [3.8, 4) is 0 Å². The van der Waals surface area contributed by atoms with Crippen LogP contribution in [0.15, 0.2) is 60.7 Å². The highest BCUT2D eigenvalue weighted by Crippen LogP contribution is 2.49. The topological polar surface area (TPSA) is 32.8 Å². The van der Waals surface area contributed by atoms with Crippen LogP contribution in [0.3, 0.4) is 0 Å². The molecule has 1 amide bonds. The Hall–Kier alpha value is -2.17. The van der Waals surface area contributed by atoms with E-state index in [4.69, 9.17) is 4.74 Å². The molecule has 2 heterocycles. The number of carbonyl (C=O) groups is 1. The summed E-state index contributed by atoms with van der Waals surface area (Å²) in [6, 6.07) is 20.4. The smallest absolute Gasteiger partial charge is 0.254 e. The Morgan fingerprint density at radius 3 is 2.17 bits per heavy atom. The summed E-state index contributed by atoms with van der Waals surface area (Å²) in [5, 5.41) is 0. The number of hydrogen-bond donors (Lipinski definition) is 0. The van der Waals surface area contributed by atoms with Crippen molar-refractivity contribution >= 4 is 5.91 Å². The van der Waals surface area contributed by atoms with Crippen molar-refractivity contribution in [3.63, 3.8) is 0 Å². The number of amides is 1. The van der Waals surface area contributed by atoms with Gasteiger partial charge >= 0.3 is 0 Å². The molecule has 3 aliphatic rings. The third-order valence-electron chi connectivity index (χ3n) is 6.75. The van der Waals surface area contributed by atoms with Gasteiger partial charge in [-0.2, -0.15) is 0 Å². The van der Waals surface area contributed by atoms with Crippen LogP contribution in [0.2, 0.25) is 0 Å². The van der Waals surface area contributed by atoms with Gasteiger partial charge in [0.2, 0.25) is 0 Å². The van der Waals surface area contributed by atoms with Gasteiger partial charge in [-0.3, -0.25) is 9.69 Å². The maximum Gasteiger partial charge on any atom is 0.254 e. The molecule has 29 heavy (non-hydrogen) atoms. The molecule has 0 radical (unpaired) electrons. The average Bonchev–Trinajstić information content (AvgIpc) is 3.52. The van der Waals surface area contributed by atoms with Gasteiger partial charge in [-0.25, -0.2) is 0 Å². The highest BCUT2D eigenvalue weighted by molar-refractivity contribution is 5.94. The Kier molecular flexibility index (Phi) is 4.92. The number of carbonyl (C=O) groups excluding carboxylic acids is 1. The fourth-order valence-electron chi connectivity index (χ4n) is 5.07. The van der Waals surface area contributed by atoms with Crippen LogP contribution in [0.5, 0.6) is 0 Å². The van der Waals surface area contributed by atoms with Crippen molar-refractivity contribution in [2.45, 2.75) is 49.9 Å². The first-order chi connectivity index (χ1) is 14.2. The predicted molar refractivity (Wildman–Crippen MR) is 114 cm³/mol. The van der Waals surface area contributed by atoms with Gasteiger partial charge in [0, 0.05) is 18.7 Å². The summed E-state index contributed by atoms with van der Waals surface area (Å²) in [6.45, 7) is 4.59. The lowest BCUT2D eigenvalue weighted by Gasteiger charge is -2.47. The third-order valence-corrected chi connectivity index (χ3v) is 6.75. The van der Waals surface area contributed by atoms with E-state index in [2.05, 4.69) is 40.1 Å². The van der Waals surface area contributed by atoms with E-state index in [1.54, 1.807) is 0 Å². The van der Waals surface area contributed by atoms with Gasteiger partial charge in [0.15, 0.2) is 0 Å². The number of hydrogen-bond acceptors (Lipinski definition) is 3. The molecule has 5 rings (SSSR count). The van der Waals surface area contributed by atoms with Crippen molar-refractivity contribution < 1.29 is 9.53 Å². The number of ether oxygens (including phenoxy) is 1. The fourth-order valence-corrected chi connectivity index (χ4v) is 5.07. The molecule has 2 aromatic carbocycles. The minimum atomic E-state index is -0.190. The van der Waals surface area contributed by atoms with Gasteiger partial charge in [-0.1, -0.05) is 48.5 Å². The number of nitrogens with zero attached hydrogens (tertiary/aromatic N) is 2. The molecule has 1 atom stereocenters. The van der Waals surface area contributed by atoms with E-state index in [0.29, 0.717) is 0 Å². The first-order valence-electron chi connectivity index (χ1n) is 11.0. The molecule has 3 fully saturated rings. The SMILES string of the molecule is O=C(c1ccccc1)N1CC2(CCCN(Cc3ccccc3)CC2)OC2(CC2)C1. The molecule has 2 aromatic rings. The van der Waals surface area contributed by atoms with Crippen LogP contribution in [0.25, 0.3) is 0 Å². The first-order valence-corrected chi connectivity index (χ1v) is 11.0. The zero-order valence-corrected chi connectivity index (χ0v) is 17.1.